The smallest absolute Gasteiger partial charge is 0.348 e. The van der Waals surface area contributed by atoms with Crippen molar-refractivity contribution in [2.24, 2.45) is 5.92 Å². The largest absolute Gasteiger partial charge is 0.493 e. The van der Waals surface area contributed by atoms with Gasteiger partial charge < -0.3 is 44.1 Å². The summed E-state index contributed by atoms with van der Waals surface area (Å²) in [7, 11) is 1.51. The number of carbonyl (C=O) groups excluding carboxylic acids is 3. The molecule has 1 aromatic rings. The van der Waals surface area contributed by atoms with E-state index in [0.717, 1.165) is 30.9 Å². The van der Waals surface area contributed by atoms with Gasteiger partial charge in [-0.3, -0.25) is 9.59 Å². The summed E-state index contributed by atoms with van der Waals surface area (Å²) in [5.41, 5.74) is -0.104. The van der Waals surface area contributed by atoms with Gasteiger partial charge in [0.25, 0.3) is 0 Å². The van der Waals surface area contributed by atoms with Crippen molar-refractivity contribution in [3.63, 3.8) is 0 Å². The van der Waals surface area contributed by atoms with Gasteiger partial charge in [-0.25, -0.2) is 14.4 Å². The fourth-order valence-electron chi connectivity index (χ4n) is 6.97. The third-order valence-electron chi connectivity index (χ3n) is 8.85. The van der Waals surface area contributed by atoms with Crippen LogP contribution in [0, 0.1) is 5.92 Å². The Balaban J connectivity index is 1.26. The zero-order chi connectivity index (χ0) is 31.3. The Labute approximate surface area is 245 Å². The summed E-state index contributed by atoms with van der Waals surface area (Å²) in [5.74, 6) is -5.91. The molecule has 4 aliphatic rings. The van der Waals surface area contributed by atoms with Crippen molar-refractivity contribution in [3.05, 3.63) is 35.1 Å². The molecule has 0 amide bonds. The Morgan fingerprint density at radius 1 is 1.09 bits per heavy atom. The number of benzene rings is 1. The lowest BCUT2D eigenvalue weighted by Crippen LogP contribution is -2.67. The van der Waals surface area contributed by atoms with Crippen LogP contribution in [0.3, 0.4) is 0 Å². The molecular formula is C29H32O14. The summed E-state index contributed by atoms with van der Waals surface area (Å²) < 4.78 is 26.9. The van der Waals surface area contributed by atoms with Crippen LogP contribution in [-0.2, 0) is 50.0 Å². The molecule has 5 rings (SSSR count). The van der Waals surface area contributed by atoms with Crippen LogP contribution < -0.4 is 9.47 Å². The maximum atomic E-state index is 12.9. The molecule has 1 aromatic carbocycles. The first-order valence-corrected chi connectivity index (χ1v) is 13.9. The summed E-state index contributed by atoms with van der Waals surface area (Å²) >= 11 is 0. The van der Waals surface area contributed by atoms with Crippen molar-refractivity contribution in [1.82, 2.24) is 0 Å². The molecule has 3 aliphatic carbocycles. The van der Waals surface area contributed by atoms with E-state index in [1.807, 2.05) is 12.1 Å². The molecule has 0 radical (unpaired) electrons. The molecule has 43 heavy (non-hydrogen) atoms. The molecular weight excluding hydrogens is 572 g/mol. The van der Waals surface area contributed by atoms with E-state index >= 15 is 0 Å². The Bertz CT molecular complexity index is 1400. The SMILES string of the molecule is COc1ccc2c3c1O[C@@H]1C(OC(=O)C[C@H](O)C(=O)O[C@@H](C)C(=O)O[C@H](CC(=O)O)C(=O)O)=CC[C@]4(O)[C@@H](CCC[C@@]314)C2. The Morgan fingerprint density at radius 2 is 1.84 bits per heavy atom. The lowest BCUT2D eigenvalue weighted by atomic mass is 9.47. The molecule has 1 aliphatic heterocycles. The second-order valence-corrected chi connectivity index (χ2v) is 11.3. The number of carbonyl (C=O) groups is 5. The van der Waals surface area contributed by atoms with Crippen molar-refractivity contribution in [2.75, 3.05) is 7.11 Å². The average molecular weight is 605 g/mol. The molecule has 0 saturated heterocycles. The van der Waals surface area contributed by atoms with Gasteiger partial charge in [0.1, 0.15) is 5.76 Å². The number of rotatable bonds is 11. The number of carboxylic acid groups (broad SMARTS) is 2. The Kier molecular flexibility index (Phi) is 7.86. The molecule has 7 atom stereocenters. The Hall–Kier alpha value is -4.17. The van der Waals surface area contributed by atoms with E-state index in [-0.39, 0.29) is 18.1 Å². The molecule has 2 bridgehead atoms. The van der Waals surface area contributed by atoms with Crippen LogP contribution in [0.5, 0.6) is 11.5 Å². The highest BCUT2D eigenvalue weighted by molar-refractivity contribution is 5.87. The minimum atomic E-state index is -2.06. The number of esters is 3. The molecule has 14 heteroatoms. The van der Waals surface area contributed by atoms with E-state index in [9.17, 15) is 34.2 Å². The maximum Gasteiger partial charge on any atom is 0.348 e. The topological polar surface area (TPSA) is 212 Å². The predicted molar refractivity (Wildman–Crippen MR) is 140 cm³/mol. The van der Waals surface area contributed by atoms with Crippen molar-refractivity contribution in [1.29, 1.82) is 0 Å². The minimum absolute atomic E-state index is 0.0205. The highest BCUT2D eigenvalue weighted by Crippen LogP contribution is 2.67. The number of aliphatic hydroxyl groups excluding tert-OH is 1. The van der Waals surface area contributed by atoms with Crippen LogP contribution in [0.25, 0.3) is 0 Å². The zero-order valence-electron chi connectivity index (χ0n) is 23.4. The van der Waals surface area contributed by atoms with Gasteiger partial charge >= 0.3 is 29.8 Å². The molecule has 1 saturated carbocycles. The van der Waals surface area contributed by atoms with Crippen LogP contribution in [-0.4, -0.2) is 87.4 Å². The molecule has 1 spiro atoms. The van der Waals surface area contributed by atoms with Gasteiger partial charge in [-0.2, -0.15) is 0 Å². The number of carboxylic acids is 2. The number of hydrogen-bond acceptors (Lipinski definition) is 12. The summed E-state index contributed by atoms with van der Waals surface area (Å²) in [6, 6.07) is 3.78. The van der Waals surface area contributed by atoms with E-state index in [4.69, 9.17) is 29.2 Å². The first-order chi connectivity index (χ1) is 20.3. The lowest BCUT2D eigenvalue weighted by Gasteiger charge is -2.59. The fourth-order valence-corrected chi connectivity index (χ4v) is 6.97. The van der Waals surface area contributed by atoms with E-state index in [1.54, 1.807) is 6.08 Å². The lowest BCUT2D eigenvalue weighted by molar-refractivity contribution is -0.181. The highest BCUT2D eigenvalue weighted by Gasteiger charge is 2.71. The monoisotopic (exact) mass is 604 g/mol. The number of ether oxygens (including phenoxy) is 5. The van der Waals surface area contributed by atoms with Gasteiger partial charge in [0, 0.05) is 5.56 Å². The molecule has 14 nitrogen and oxygen atoms in total. The zero-order valence-corrected chi connectivity index (χ0v) is 23.4. The predicted octanol–water partition coefficient (Wildman–Crippen LogP) is 0.766. The summed E-state index contributed by atoms with van der Waals surface area (Å²) in [5, 5.41) is 40.2. The third-order valence-corrected chi connectivity index (χ3v) is 8.85. The second-order valence-electron chi connectivity index (χ2n) is 11.3. The maximum absolute atomic E-state index is 12.9. The van der Waals surface area contributed by atoms with Gasteiger partial charge in [-0.15, -0.1) is 0 Å². The van der Waals surface area contributed by atoms with Gasteiger partial charge in [0.15, 0.2) is 29.8 Å². The van der Waals surface area contributed by atoms with Crippen LogP contribution in [0.15, 0.2) is 24.0 Å². The number of aliphatic carboxylic acids is 2. The molecule has 0 unspecified atom stereocenters. The average Bonchev–Trinajstić information content (AvgIpc) is 3.28. The number of hydrogen-bond donors (Lipinski definition) is 4. The molecule has 1 fully saturated rings. The van der Waals surface area contributed by atoms with E-state index in [0.29, 0.717) is 24.3 Å². The number of aliphatic hydroxyl groups is 2. The van der Waals surface area contributed by atoms with Gasteiger partial charge in [-0.1, -0.05) is 12.5 Å². The summed E-state index contributed by atoms with van der Waals surface area (Å²) in [6.45, 7) is 1.03. The van der Waals surface area contributed by atoms with Gasteiger partial charge in [0.2, 0.25) is 6.10 Å². The van der Waals surface area contributed by atoms with E-state index in [1.165, 1.54) is 7.11 Å². The minimum Gasteiger partial charge on any atom is -0.493 e. The van der Waals surface area contributed by atoms with Crippen molar-refractivity contribution >= 4 is 29.8 Å². The quantitative estimate of drug-likeness (QED) is 0.203. The molecule has 4 N–H and O–H groups in total. The van der Waals surface area contributed by atoms with Crippen LogP contribution >= 0.6 is 0 Å². The molecule has 1 heterocycles. The molecule has 232 valence electrons. The third kappa shape index (κ3) is 4.97. The van der Waals surface area contributed by atoms with E-state index < -0.39 is 78.1 Å². The van der Waals surface area contributed by atoms with Crippen molar-refractivity contribution in [2.45, 2.75) is 87.3 Å². The first kappa shape index (κ1) is 30.3. The van der Waals surface area contributed by atoms with Crippen LogP contribution in [0.2, 0.25) is 0 Å². The van der Waals surface area contributed by atoms with Crippen LogP contribution in [0.4, 0.5) is 0 Å². The first-order valence-electron chi connectivity index (χ1n) is 13.9. The van der Waals surface area contributed by atoms with E-state index in [2.05, 4.69) is 4.74 Å². The van der Waals surface area contributed by atoms with Crippen molar-refractivity contribution in [3.8, 4) is 11.5 Å². The van der Waals surface area contributed by atoms with Gasteiger partial charge in [0.05, 0.1) is 31.0 Å². The Morgan fingerprint density at radius 3 is 2.51 bits per heavy atom. The molecule has 0 aromatic heterocycles. The highest BCUT2D eigenvalue weighted by atomic mass is 16.6. The number of methoxy groups -OCH3 is 1. The normalized spacial score (nSPS) is 28.1. The van der Waals surface area contributed by atoms with Gasteiger partial charge in [-0.05, 0) is 56.2 Å². The second kappa shape index (κ2) is 11.2. The van der Waals surface area contributed by atoms with Crippen LogP contribution in [0.1, 0.15) is 56.6 Å². The fraction of sp³-hybridized carbons (Fsp3) is 0.552. The summed E-state index contributed by atoms with van der Waals surface area (Å²) in [6.07, 6.45) is -3.77. The van der Waals surface area contributed by atoms with Crippen molar-refractivity contribution < 1.29 is 68.1 Å². The summed E-state index contributed by atoms with van der Waals surface area (Å²) in [4.78, 5) is 59.3. The standard InChI is InChI=1S/C29H32O14/c1-13(26(36)42-19(25(34)35)12-20(31)32)40-27(37)16(30)11-21(33)41-18-7-9-29(38)15-4-3-8-28(29)22-14(10-15)5-6-17(39-2)23(22)43-24(18)28/h5-7,13,15-16,19,24,30,38H,3-4,8-12H2,1-2H3,(H,31,32)(H,34,35)/t13-,15-,16-,19+,24+,28+,29-/m0/s1.